The van der Waals surface area contributed by atoms with Crippen LogP contribution in [0, 0.1) is 0 Å². The maximum atomic E-state index is 14.1. The number of hydrogen-bond donors (Lipinski definition) is 1. The van der Waals surface area contributed by atoms with Gasteiger partial charge in [-0.25, -0.2) is 9.78 Å². The van der Waals surface area contributed by atoms with Crippen LogP contribution in [-0.4, -0.2) is 29.0 Å². The zero-order chi connectivity index (χ0) is 25.6. The summed E-state index contributed by atoms with van der Waals surface area (Å²) in [5, 5.41) is 3.64. The van der Waals surface area contributed by atoms with E-state index in [-0.39, 0.29) is 5.91 Å². The van der Waals surface area contributed by atoms with Crippen LogP contribution in [0.3, 0.4) is 0 Å². The highest BCUT2D eigenvalue weighted by atomic mass is 16.5. The van der Waals surface area contributed by atoms with Crippen molar-refractivity contribution in [3.8, 4) is 11.3 Å². The van der Waals surface area contributed by atoms with Crippen molar-refractivity contribution in [2.75, 3.05) is 7.11 Å². The molecule has 1 unspecified atom stereocenters. The van der Waals surface area contributed by atoms with E-state index in [0.29, 0.717) is 34.1 Å². The van der Waals surface area contributed by atoms with Crippen molar-refractivity contribution in [1.29, 1.82) is 0 Å². The molecule has 182 valence electrons. The predicted octanol–water partition coefficient (Wildman–Crippen LogP) is 5.53. The number of para-hydroxylation sites is 1. The number of ether oxygens (including phenoxy) is 1. The van der Waals surface area contributed by atoms with E-state index in [4.69, 9.17) is 9.72 Å². The normalized spacial score (nSPS) is 11.6. The molecular weight excluding hydrogens is 462 g/mol. The Morgan fingerprint density at radius 2 is 1.57 bits per heavy atom. The Balaban J connectivity index is 1.71. The summed E-state index contributed by atoms with van der Waals surface area (Å²) in [6.45, 7) is 0. The number of fused-ring (bicyclic) bond motifs is 1. The standard InChI is InChI=1S/C31H25N3O3/c1-37-31(36)29(23-14-6-3-7-15-23)34-30(35)27-24-16-8-9-17-26(24)33-28(22-12-4-2-5-13-22)25(27)19-21-11-10-18-32-20-21/h2-18,20,29H,19H2,1H3,(H,34,35). The molecule has 5 aromatic rings. The lowest BCUT2D eigenvalue weighted by Gasteiger charge is -2.21. The van der Waals surface area contributed by atoms with E-state index >= 15 is 0 Å². The molecule has 0 aliphatic rings. The molecule has 1 N–H and O–H groups in total. The fourth-order valence-corrected chi connectivity index (χ4v) is 4.47. The van der Waals surface area contributed by atoms with E-state index in [9.17, 15) is 9.59 Å². The van der Waals surface area contributed by atoms with E-state index in [0.717, 1.165) is 16.7 Å². The van der Waals surface area contributed by atoms with Crippen molar-refractivity contribution in [2.24, 2.45) is 0 Å². The van der Waals surface area contributed by atoms with Gasteiger partial charge in [-0.3, -0.25) is 9.78 Å². The van der Waals surface area contributed by atoms with E-state index in [1.165, 1.54) is 7.11 Å². The van der Waals surface area contributed by atoms with Gasteiger partial charge in [0, 0.05) is 29.8 Å². The smallest absolute Gasteiger partial charge is 0.333 e. The minimum Gasteiger partial charge on any atom is -0.467 e. The molecule has 0 fully saturated rings. The van der Waals surface area contributed by atoms with Crippen LogP contribution in [0.5, 0.6) is 0 Å². The summed E-state index contributed by atoms with van der Waals surface area (Å²) < 4.78 is 5.04. The van der Waals surface area contributed by atoms with Crippen molar-refractivity contribution in [1.82, 2.24) is 15.3 Å². The molecule has 0 aliphatic carbocycles. The predicted molar refractivity (Wildman–Crippen MR) is 143 cm³/mol. The first kappa shape index (κ1) is 23.9. The summed E-state index contributed by atoms with van der Waals surface area (Å²) in [5.74, 6) is -0.927. The highest BCUT2D eigenvalue weighted by molar-refractivity contribution is 6.10. The maximum absolute atomic E-state index is 14.1. The highest BCUT2D eigenvalue weighted by Gasteiger charge is 2.28. The zero-order valence-corrected chi connectivity index (χ0v) is 20.3. The molecule has 2 aromatic heterocycles. The second kappa shape index (κ2) is 10.8. The molecule has 0 saturated carbocycles. The molecular formula is C31H25N3O3. The highest BCUT2D eigenvalue weighted by Crippen LogP contribution is 2.32. The van der Waals surface area contributed by atoms with Gasteiger partial charge in [0.25, 0.3) is 5.91 Å². The minimum absolute atomic E-state index is 0.381. The molecule has 37 heavy (non-hydrogen) atoms. The summed E-state index contributed by atoms with van der Waals surface area (Å²) >= 11 is 0. The molecule has 0 radical (unpaired) electrons. The monoisotopic (exact) mass is 487 g/mol. The van der Waals surface area contributed by atoms with Crippen LogP contribution < -0.4 is 5.32 Å². The molecule has 2 heterocycles. The number of aromatic nitrogens is 2. The Hall–Kier alpha value is -4.84. The number of benzene rings is 3. The molecule has 0 bridgehead atoms. The molecule has 6 nitrogen and oxygen atoms in total. The number of hydrogen-bond acceptors (Lipinski definition) is 5. The van der Waals surface area contributed by atoms with Crippen molar-refractivity contribution >= 4 is 22.8 Å². The third-order valence-corrected chi connectivity index (χ3v) is 6.22. The third kappa shape index (κ3) is 5.09. The Morgan fingerprint density at radius 1 is 0.865 bits per heavy atom. The lowest BCUT2D eigenvalue weighted by molar-refractivity contribution is -0.143. The lowest BCUT2D eigenvalue weighted by atomic mass is 9.91. The Kier molecular flexibility index (Phi) is 6.99. The first-order chi connectivity index (χ1) is 18.2. The summed E-state index contributed by atoms with van der Waals surface area (Å²) in [6.07, 6.45) is 3.94. The van der Waals surface area contributed by atoms with E-state index in [2.05, 4.69) is 10.3 Å². The van der Waals surface area contributed by atoms with Gasteiger partial charge in [0.15, 0.2) is 6.04 Å². The molecule has 0 spiro atoms. The quantitative estimate of drug-likeness (QED) is 0.305. The maximum Gasteiger partial charge on any atom is 0.333 e. The molecule has 1 atom stereocenters. The number of nitrogens with zero attached hydrogens (tertiary/aromatic N) is 2. The second-order valence-electron chi connectivity index (χ2n) is 8.58. The van der Waals surface area contributed by atoms with E-state index < -0.39 is 12.0 Å². The minimum atomic E-state index is -0.961. The van der Waals surface area contributed by atoms with Crippen molar-refractivity contribution < 1.29 is 14.3 Å². The largest absolute Gasteiger partial charge is 0.467 e. The number of nitrogens with one attached hydrogen (secondary N) is 1. The van der Waals surface area contributed by atoms with Crippen LogP contribution >= 0.6 is 0 Å². The molecule has 1 amide bonds. The fourth-order valence-electron chi connectivity index (χ4n) is 4.47. The lowest BCUT2D eigenvalue weighted by Crippen LogP contribution is -2.35. The van der Waals surface area contributed by atoms with Gasteiger partial charge in [-0.2, -0.15) is 0 Å². The van der Waals surface area contributed by atoms with Crippen LogP contribution in [0.2, 0.25) is 0 Å². The van der Waals surface area contributed by atoms with Crippen LogP contribution in [0.4, 0.5) is 0 Å². The topological polar surface area (TPSA) is 81.2 Å². The van der Waals surface area contributed by atoms with Gasteiger partial charge in [0.1, 0.15) is 0 Å². The number of carbonyl (C=O) groups excluding carboxylic acids is 2. The van der Waals surface area contributed by atoms with Gasteiger partial charge >= 0.3 is 5.97 Å². The molecule has 0 aliphatic heterocycles. The number of esters is 1. The SMILES string of the molecule is COC(=O)C(NC(=O)c1c(Cc2cccnc2)c(-c2ccccc2)nc2ccccc12)c1ccccc1. The van der Waals surface area contributed by atoms with Crippen LogP contribution in [-0.2, 0) is 16.0 Å². The van der Waals surface area contributed by atoms with Gasteiger partial charge in [-0.15, -0.1) is 0 Å². The Morgan fingerprint density at radius 3 is 2.27 bits per heavy atom. The Labute approximate surface area is 215 Å². The third-order valence-electron chi connectivity index (χ3n) is 6.22. The average molecular weight is 488 g/mol. The molecule has 0 saturated heterocycles. The van der Waals surface area contributed by atoms with Crippen molar-refractivity contribution in [2.45, 2.75) is 12.5 Å². The molecule has 5 rings (SSSR count). The Bertz CT molecular complexity index is 1540. The number of pyridine rings is 2. The molecule has 3 aromatic carbocycles. The van der Waals surface area contributed by atoms with Gasteiger partial charge in [0.05, 0.1) is 23.9 Å². The number of rotatable bonds is 7. The summed E-state index contributed by atoms with van der Waals surface area (Å²) in [5.41, 5.74) is 5.11. The second-order valence-corrected chi connectivity index (χ2v) is 8.58. The number of carbonyl (C=O) groups is 2. The van der Waals surface area contributed by atoms with E-state index in [1.807, 2.05) is 84.9 Å². The van der Waals surface area contributed by atoms with Crippen molar-refractivity contribution in [3.05, 3.63) is 132 Å². The van der Waals surface area contributed by atoms with Crippen molar-refractivity contribution in [3.63, 3.8) is 0 Å². The first-order valence-electron chi connectivity index (χ1n) is 12.0. The number of amides is 1. The van der Waals surface area contributed by atoms with Crippen LogP contribution in [0.1, 0.15) is 33.1 Å². The van der Waals surface area contributed by atoms with Gasteiger partial charge < -0.3 is 10.1 Å². The summed E-state index contributed by atoms with van der Waals surface area (Å²) in [4.78, 5) is 36.1. The van der Waals surface area contributed by atoms with Gasteiger partial charge in [0.2, 0.25) is 0 Å². The summed E-state index contributed by atoms with van der Waals surface area (Å²) in [7, 11) is 1.31. The first-order valence-corrected chi connectivity index (χ1v) is 12.0. The molecule has 6 heteroatoms. The van der Waals surface area contributed by atoms with Gasteiger partial charge in [-0.1, -0.05) is 84.9 Å². The zero-order valence-electron chi connectivity index (χ0n) is 20.3. The number of methoxy groups -OCH3 is 1. The fraction of sp³-hybridized carbons (Fsp3) is 0.0968. The van der Waals surface area contributed by atoms with Gasteiger partial charge in [-0.05, 0) is 28.8 Å². The summed E-state index contributed by atoms with van der Waals surface area (Å²) in [6, 6.07) is 29.3. The average Bonchev–Trinajstić information content (AvgIpc) is 2.96. The van der Waals surface area contributed by atoms with E-state index in [1.54, 1.807) is 24.5 Å². The van der Waals surface area contributed by atoms with Crippen LogP contribution in [0.25, 0.3) is 22.2 Å². The van der Waals surface area contributed by atoms with Crippen LogP contribution in [0.15, 0.2) is 109 Å².